The van der Waals surface area contributed by atoms with Crippen molar-refractivity contribution in [3.05, 3.63) is 53.6 Å². The van der Waals surface area contributed by atoms with Crippen molar-refractivity contribution < 1.29 is 38.8 Å². The summed E-state index contributed by atoms with van der Waals surface area (Å²) in [4.78, 5) is 38.0. The van der Waals surface area contributed by atoms with Crippen LogP contribution in [0.2, 0.25) is 0 Å². The van der Waals surface area contributed by atoms with E-state index in [2.05, 4.69) is 21.2 Å². The predicted molar refractivity (Wildman–Crippen MR) is 144 cm³/mol. The van der Waals surface area contributed by atoms with Gasteiger partial charge in [-0.3, -0.25) is 9.59 Å². The van der Waals surface area contributed by atoms with Crippen LogP contribution in [0, 0.1) is 11.3 Å². The molecule has 0 spiro atoms. The number of benzene rings is 2. The molecule has 0 aliphatic carbocycles. The number of carbonyl (C=O) groups excluding carboxylic acids is 3. The Balaban J connectivity index is 2.16. The molecule has 214 valence electrons. The molecule has 40 heavy (non-hydrogen) atoms. The lowest BCUT2D eigenvalue weighted by Crippen LogP contribution is -2.55. The molecular formula is C27H33N5O8. The second-order valence-electron chi connectivity index (χ2n) is 9.40. The number of nitrogens with zero attached hydrogens (tertiary/aromatic N) is 2. The highest BCUT2D eigenvalue weighted by molar-refractivity contribution is 5.92. The van der Waals surface area contributed by atoms with Crippen LogP contribution in [0.1, 0.15) is 31.9 Å². The third-order valence-electron chi connectivity index (χ3n) is 5.07. The molecule has 0 heterocycles. The van der Waals surface area contributed by atoms with E-state index in [0.29, 0.717) is 22.6 Å². The number of ether oxygens (including phenoxy) is 3. The monoisotopic (exact) mass is 555 g/mol. The first-order chi connectivity index (χ1) is 18.9. The van der Waals surface area contributed by atoms with Crippen LogP contribution in [0.3, 0.4) is 0 Å². The highest BCUT2D eigenvalue weighted by atomic mass is 16.6. The maximum Gasteiger partial charge on any atom is 0.408 e. The van der Waals surface area contributed by atoms with Crippen LogP contribution >= 0.6 is 0 Å². The Morgan fingerprint density at radius 3 is 2.35 bits per heavy atom. The van der Waals surface area contributed by atoms with Crippen molar-refractivity contribution in [2.45, 2.75) is 44.9 Å². The molecule has 0 aliphatic heterocycles. The summed E-state index contributed by atoms with van der Waals surface area (Å²) in [5.74, 6) is -0.767. The normalized spacial score (nSPS) is 12.5. The molecule has 0 bridgehead atoms. The van der Waals surface area contributed by atoms with Crippen LogP contribution in [-0.4, -0.2) is 72.3 Å². The molecule has 2 aromatic carbocycles. The lowest BCUT2D eigenvalue weighted by molar-refractivity contribution is -0.130. The van der Waals surface area contributed by atoms with E-state index in [1.54, 1.807) is 51.1 Å². The van der Waals surface area contributed by atoms with Gasteiger partial charge in [0.25, 0.3) is 5.91 Å². The summed E-state index contributed by atoms with van der Waals surface area (Å²) in [5, 5.41) is 36.7. The van der Waals surface area contributed by atoms with Gasteiger partial charge in [0.2, 0.25) is 5.91 Å². The zero-order valence-corrected chi connectivity index (χ0v) is 22.6. The van der Waals surface area contributed by atoms with Gasteiger partial charge in [-0.25, -0.2) is 10.2 Å². The second-order valence-corrected chi connectivity index (χ2v) is 9.40. The maximum atomic E-state index is 13.0. The molecule has 13 nitrogen and oxygen atoms in total. The Labute approximate surface area is 231 Å². The molecule has 13 heteroatoms. The number of nitrogens with one attached hydrogen (secondary N) is 3. The van der Waals surface area contributed by atoms with Gasteiger partial charge in [-0.15, -0.1) is 0 Å². The third kappa shape index (κ3) is 10.5. The Kier molecular flexibility index (Phi) is 11.7. The van der Waals surface area contributed by atoms with Crippen molar-refractivity contribution in [3.63, 3.8) is 0 Å². The fourth-order valence-electron chi connectivity index (χ4n) is 3.24. The van der Waals surface area contributed by atoms with Crippen LogP contribution in [0.4, 0.5) is 4.79 Å². The van der Waals surface area contributed by atoms with Gasteiger partial charge in [0.15, 0.2) is 18.1 Å². The first-order valence-corrected chi connectivity index (χ1v) is 12.1. The van der Waals surface area contributed by atoms with Crippen LogP contribution in [0.5, 0.6) is 17.2 Å². The van der Waals surface area contributed by atoms with Gasteiger partial charge in [0.05, 0.1) is 19.9 Å². The van der Waals surface area contributed by atoms with Crippen molar-refractivity contribution in [2.24, 2.45) is 5.10 Å². The number of rotatable bonds is 12. The van der Waals surface area contributed by atoms with E-state index in [-0.39, 0.29) is 18.8 Å². The molecule has 0 unspecified atom stereocenters. The van der Waals surface area contributed by atoms with E-state index in [4.69, 9.17) is 19.5 Å². The Morgan fingerprint density at radius 1 is 1.05 bits per heavy atom. The van der Waals surface area contributed by atoms with Gasteiger partial charge < -0.3 is 35.1 Å². The van der Waals surface area contributed by atoms with Crippen LogP contribution in [0.15, 0.2) is 47.6 Å². The quantitative estimate of drug-likeness (QED) is 0.190. The highest BCUT2D eigenvalue weighted by Gasteiger charge is 2.28. The molecule has 0 saturated heterocycles. The fraction of sp³-hybridized carbons (Fsp3) is 0.370. The number of nitriles is 1. The van der Waals surface area contributed by atoms with E-state index in [1.807, 2.05) is 6.07 Å². The number of methoxy groups -OCH3 is 1. The number of aromatic hydroxyl groups is 1. The van der Waals surface area contributed by atoms with Gasteiger partial charge in [0, 0.05) is 6.42 Å². The van der Waals surface area contributed by atoms with Crippen molar-refractivity contribution in [3.8, 4) is 23.3 Å². The van der Waals surface area contributed by atoms with Gasteiger partial charge in [-0.1, -0.05) is 12.1 Å². The van der Waals surface area contributed by atoms with Gasteiger partial charge >= 0.3 is 6.09 Å². The van der Waals surface area contributed by atoms with Crippen molar-refractivity contribution in [2.75, 3.05) is 20.3 Å². The van der Waals surface area contributed by atoms with Crippen LogP contribution in [-0.2, 0) is 20.7 Å². The average molecular weight is 556 g/mol. The molecule has 2 rings (SSSR count). The van der Waals surface area contributed by atoms with Crippen LogP contribution < -0.4 is 25.5 Å². The average Bonchev–Trinajstić information content (AvgIpc) is 2.90. The summed E-state index contributed by atoms with van der Waals surface area (Å²) in [7, 11) is 1.44. The topological polar surface area (TPSA) is 192 Å². The van der Waals surface area contributed by atoms with Crippen molar-refractivity contribution in [1.29, 1.82) is 5.26 Å². The number of amides is 3. The van der Waals surface area contributed by atoms with E-state index in [1.165, 1.54) is 25.5 Å². The summed E-state index contributed by atoms with van der Waals surface area (Å²) in [6, 6.07) is 10.1. The number of hydrogen-bond donors (Lipinski definition) is 5. The van der Waals surface area contributed by atoms with Crippen molar-refractivity contribution in [1.82, 2.24) is 16.1 Å². The molecule has 3 amide bonds. The van der Waals surface area contributed by atoms with E-state index >= 15 is 0 Å². The summed E-state index contributed by atoms with van der Waals surface area (Å²) in [5.41, 5.74) is 2.69. The second kappa shape index (κ2) is 14.9. The number of carbonyl (C=O) groups is 3. The Hall–Kier alpha value is -4.83. The van der Waals surface area contributed by atoms with E-state index in [9.17, 15) is 24.6 Å². The summed E-state index contributed by atoms with van der Waals surface area (Å²) in [6.45, 7) is 4.04. The maximum absolute atomic E-state index is 13.0. The van der Waals surface area contributed by atoms with Gasteiger partial charge in [0.1, 0.15) is 29.5 Å². The summed E-state index contributed by atoms with van der Waals surface area (Å²) in [6.07, 6.45) is 0.441. The van der Waals surface area contributed by atoms with E-state index < -0.39 is 42.2 Å². The SMILES string of the molecule is COc1cc(/C=N\NC(=O)[C@H](Cc2ccc(O)cc2)NC(=O)[C@H](CO)NC(=O)OC(C)(C)C)ccc1OCC#N. The molecular weight excluding hydrogens is 522 g/mol. The first kappa shape index (κ1) is 31.4. The molecule has 0 saturated carbocycles. The number of hydrogen-bond acceptors (Lipinski definition) is 10. The zero-order chi connectivity index (χ0) is 29.7. The first-order valence-electron chi connectivity index (χ1n) is 12.1. The standard InChI is InChI=1S/C27H33N5O8/c1-27(2,3)40-26(37)31-21(16-33)24(35)30-20(13-17-5-8-19(34)9-6-17)25(36)32-29-15-18-7-10-22(39-12-11-28)23(14-18)38-4/h5-10,14-15,20-21,33-34H,12-13,16H2,1-4H3,(H,30,35)(H,31,37)(H,32,36)/b29-15-/t20-,21-/m0/s1. The van der Waals surface area contributed by atoms with E-state index in [0.717, 1.165) is 0 Å². The number of phenolic OH excluding ortho intramolecular Hbond substituents is 1. The predicted octanol–water partition coefficient (Wildman–Crippen LogP) is 1.37. The minimum atomic E-state index is -1.39. The molecule has 2 atom stereocenters. The zero-order valence-electron chi connectivity index (χ0n) is 22.6. The minimum absolute atomic E-state index is 0.0106. The Bertz CT molecular complexity index is 1230. The minimum Gasteiger partial charge on any atom is -0.508 e. The third-order valence-corrected chi connectivity index (χ3v) is 5.07. The highest BCUT2D eigenvalue weighted by Crippen LogP contribution is 2.27. The number of aliphatic hydroxyl groups is 1. The van der Waals surface area contributed by atoms with Crippen LogP contribution in [0.25, 0.3) is 0 Å². The Morgan fingerprint density at radius 2 is 1.75 bits per heavy atom. The molecule has 5 N–H and O–H groups in total. The fourth-order valence-corrected chi connectivity index (χ4v) is 3.24. The summed E-state index contributed by atoms with van der Waals surface area (Å²) < 4.78 is 15.6. The van der Waals surface area contributed by atoms with Crippen molar-refractivity contribution >= 4 is 24.1 Å². The molecule has 2 aromatic rings. The molecule has 0 aromatic heterocycles. The lowest BCUT2D eigenvalue weighted by Gasteiger charge is -2.24. The summed E-state index contributed by atoms with van der Waals surface area (Å²) >= 11 is 0. The number of alkyl carbamates (subject to hydrolysis) is 1. The molecule has 0 aliphatic rings. The molecule has 0 fully saturated rings. The van der Waals surface area contributed by atoms with Gasteiger partial charge in [-0.05, 0) is 62.2 Å². The number of phenols is 1. The lowest BCUT2D eigenvalue weighted by atomic mass is 10.0. The smallest absolute Gasteiger partial charge is 0.408 e. The largest absolute Gasteiger partial charge is 0.508 e. The molecule has 0 radical (unpaired) electrons. The number of aliphatic hydroxyl groups excluding tert-OH is 1. The van der Waals surface area contributed by atoms with Gasteiger partial charge in [-0.2, -0.15) is 10.4 Å². The number of hydrazone groups is 1.